The van der Waals surface area contributed by atoms with Crippen LogP contribution in [0.1, 0.15) is 31.7 Å². The normalized spacial score (nSPS) is 24.3. The van der Waals surface area contributed by atoms with Crippen LogP contribution < -0.4 is 10.6 Å². The number of amides is 2. The highest BCUT2D eigenvalue weighted by Crippen LogP contribution is 2.20. The van der Waals surface area contributed by atoms with E-state index in [1.165, 1.54) is 11.8 Å². The molecule has 0 aromatic heterocycles. The Balaban J connectivity index is 1.71. The number of carboxylic acids is 1. The number of nitrogens with one attached hydrogen (secondary N) is 2. The molecule has 1 aromatic carbocycles. The summed E-state index contributed by atoms with van der Waals surface area (Å²) < 4.78 is 5.14. The lowest BCUT2D eigenvalue weighted by Crippen LogP contribution is -2.55. The number of carbonyl (C=O) groups excluding carboxylic acids is 3. The van der Waals surface area contributed by atoms with Crippen LogP contribution in [0.25, 0.3) is 0 Å². The van der Waals surface area contributed by atoms with E-state index in [0.29, 0.717) is 32.4 Å². The third-order valence-corrected chi connectivity index (χ3v) is 5.46. The summed E-state index contributed by atoms with van der Waals surface area (Å²) in [6, 6.07) is 6.92. The predicted molar refractivity (Wildman–Crippen MR) is 106 cm³/mol. The zero-order valence-corrected chi connectivity index (χ0v) is 16.9. The molecule has 3 N–H and O–H groups in total. The summed E-state index contributed by atoms with van der Waals surface area (Å²) in [7, 11) is 0. The van der Waals surface area contributed by atoms with E-state index in [9.17, 15) is 24.3 Å². The quantitative estimate of drug-likeness (QED) is 0.537. The molecule has 0 aliphatic carbocycles. The molecule has 162 valence electrons. The Morgan fingerprint density at radius 2 is 2.00 bits per heavy atom. The summed E-state index contributed by atoms with van der Waals surface area (Å²) in [5.74, 6) is -2.21. The monoisotopic (exact) mass is 417 g/mol. The van der Waals surface area contributed by atoms with Gasteiger partial charge in [0.05, 0.1) is 6.04 Å². The van der Waals surface area contributed by atoms with E-state index >= 15 is 0 Å². The fraction of sp³-hybridized carbons (Fsp3) is 0.524. The molecule has 0 radical (unpaired) electrons. The first-order valence-corrected chi connectivity index (χ1v) is 10.1. The summed E-state index contributed by atoms with van der Waals surface area (Å²) in [6.07, 6.45) is 1.20. The Labute approximate surface area is 174 Å². The van der Waals surface area contributed by atoms with Gasteiger partial charge in [0.2, 0.25) is 11.8 Å². The molecule has 0 bridgehead atoms. The second kappa shape index (κ2) is 9.71. The van der Waals surface area contributed by atoms with E-state index in [1.54, 1.807) is 0 Å². The number of nitrogens with zero attached hydrogens (tertiary/aromatic N) is 1. The number of hydrogen-bond donors (Lipinski definition) is 3. The maximum Gasteiger partial charge on any atom is 0.326 e. The number of esters is 1. The number of rotatable bonds is 7. The van der Waals surface area contributed by atoms with Gasteiger partial charge in [0.1, 0.15) is 18.2 Å². The van der Waals surface area contributed by atoms with Gasteiger partial charge in [0.15, 0.2) is 0 Å². The molecule has 9 heteroatoms. The van der Waals surface area contributed by atoms with E-state index in [0.717, 1.165) is 5.56 Å². The Morgan fingerprint density at radius 1 is 1.27 bits per heavy atom. The molecule has 1 aromatic rings. The minimum atomic E-state index is -1.03. The number of carboxylic acid groups (broad SMARTS) is 1. The molecule has 3 rings (SSSR count). The minimum Gasteiger partial charge on any atom is -0.480 e. The van der Waals surface area contributed by atoms with Crippen LogP contribution in [0.5, 0.6) is 0 Å². The van der Waals surface area contributed by atoms with Crippen molar-refractivity contribution in [2.45, 2.75) is 56.8 Å². The van der Waals surface area contributed by atoms with Crippen molar-refractivity contribution in [2.75, 3.05) is 13.1 Å². The molecular weight excluding hydrogens is 390 g/mol. The molecule has 2 amide bonds. The van der Waals surface area contributed by atoms with Crippen molar-refractivity contribution in [2.24, 2.45) is 0 Å². The van der Waals surface area contributed by atoms with Gasteiger partial charge in [-0.25, -0.2) is 4.79 Å². The third-order valence-electron chi connectivity index (χ3n) is 5.46. The van der Waals surface area contributed by atoms with Gasteiger partial charge >= 0.3 is 11.9 Å². The zero-order valence-electron chi connectivity index (χ0n) is 16.9. The number of benzene rings is 1. The first-order chi connectivity index (χ1) is 14.3. The number of ether oxygens (including phenoxy) is 1. The molecule has 2 heterocycles. The Hall–Kier alpha value is -2.94. The molecule has 1 unspecified atom stereocenters. The molecule has 9 nitrogen and oxygen atoms in total. The van der Waals surface area contributed by atoms with Crippen LogP contribution in [0.2, 0.25) is 0 Å². The highest BCUT2D eigenvalue weighted by atomic mass is 16.5. The number of likely N-dealkylation sites (tertiary alicyclic amines) is 1. The summed E-state index contributed by atoms with van der Waals surface area (Å²) in [4.78, 5) is 50.0. The van der Waals surface area contributed by atoms with Gasteiger partial charge in [-0.1, -0.05) is 30.3 Å². The standard InChI is InChI=1S/C21H27N3O6/c1-13(25)30-15-11-16(22-12-15)19(26)23-17(10-14-6-3-2-4-7-14)20(27)24-9-5-8-18(24)21(28)29/h2-4,6-7,15-18,22H,5,8-12H2,1H3,(H,23,26)(H,28,29)/t15?,16-,17-,18-/m0/s1. The summed E-state index contributed by atoms with van der Waals surface area (Å²) in [5, 5.41) is 15.2. The van der Waals surface area contributed by atoms with E-state index < -0.39 is 42.1 Å². The van der Waals surface area contributed by atoms with Crippen LogP contribution in [-0.4, -0.2) is 71.1 Å². The van der Waals surface area contributed by atoms with E-state index in [-0.39, 0.29) is 12.3 Å². The van der Waals surface area contributed by atoms with Gasteiger partial charge in [-0.05, 0) is 18.4 Å². The third kappa shape index (κ3) is 5.35. The van der Waals surface area contributed by atoms with Crippen molar-refractivity contribution < 1.29 is 29.0 Å². The van der Waals surface area contributed by atoms with Crippen LogP contribution >= 0.6 is 0 Å². The van der Waals surface area contributed by atoms with Gasteiger partial charge in [0, 0.05) is 32.9 Å². The van der Waals surface area contributed by atoms with Gasteiger partial charge in [-0.15, -0.1) is 0 Å². The number of hydrogen-bond acceptors (Lipinski definition) is 6. The van der Waals surface area contributed by atoms with E-state index in [4.69, 9.17) is 4.74 Å². The molecule has 0 spiro atoms. The second-order valence-electron chi connectivity index (χ2n) is 7.71. The average molecular weight is 417 g/mol. The zero-order chi connectivity index (χ0) is 21.7. The van der Waals surface area contributed by atoms with Gasteiger partial charge in [-0.2, -0.15) is 0 Å². The van der Waals surface area contributed by atoms with Crippen LogP contribution in [0.15, 0.2) is 30.3 Å². The first-order valence-electron chi connectivity index (χ1n) is 10.1. The lowest BCUT2D eigenvalue weighted by Gasteiger charge is -2.28. The Morgan fingerprint density at radius 3 is 2.67 bits per heavy atom. The topological polar surface area (TPSA) is 125 Å². The van der Waals surface area contributed by atoms with Gasteiger partial charge in [0.25, 0.3) is 0 Å². The van der Waals surface area contributed by atoms with Gasteiger partial charge < -0.3 is 25.4 Å². The van der Waals surface area contributed by atoms with Crippen molar-refractivity contribution in [1.82, 2.24) is 15.5 Å². The van der Waals surface area contributed by atoms with Crippen molar-refractivity contribution in [1.29, 1.82) is 0 Å². The number of carbonyl (C=O) groups is 4. The van der Waals surface area contributed by atoms with Crippen molar-refractivity contribution >= 4 is 23.8 Å². The van der Waals surface area contributed by atoms with Crippen LogP contribution in [0.3, 0.4) is 0 Å². The highest BCUT2D eigenvalue weighted by Gasteiger charge is 2.39. The largest absolute Gasteiger partial charge is 0.480 e. The minimum absolute atomic E-state index is 0.258. The van der Waals surface area contributed by atoms with Crippen LogP contribution in [0.4, 0.5) is 0 Å². The fourth-order valence-electron chi connectivity index (χ4n) is 4.04. The van der Waals surface area contributed by atoms with E-state index in [1.807, 2.05) is 30.3 Å². The smallest absolute Gasteiger partial charge is 0.326 e. The molecule has 4 atom stereocenters. The fourth-order valence-corrected chi connectivity index (χ4v) is 4.04. The first kappa shape index (κ1) is 21.8. The Bertz CT molecular complexity index is 799. The summed E-state index contributed by atoms with van der Waals surface area (Å²) in [6.45, 7) is 2.03. The summed E-state index contributed by atoms with van der Waals surface area (Å²) in [5.41, 5.74) is 0.861. The van der Waals surface area contributed by atoms with Crippen molar-refractivity contribution in [3.8, 4) is 0 Å². The second-order valence-corrected chi connectivity index (χ2v) is 7.71. The molecule has 30 heavy (non-hydrogen) atoms. The van der Waals surface area contributed by atoms with Crippen LogP contribution in [-0.2, 0) is 30.3 Å². The lowest BCUT2D eigenvalue weighted by atomic mass is 10.0. The molecule has 2 aliphatic heterocycles. The van der Waals surface area contributed by atoms with Gasteiger partial charge in [-0.3, -0.25) is 14.4 Å². The van der Waals surface area contributed by atoms with E-state index in [2.05, 4.69) is 10.6 Å². The van der Waals surface area contributed by atoms with Crippen LogP contribution in [0, 0.1) is 0 Å². The Kier molecular flexibility index (Phi) is 7.04. The molecular formula is C21H27N3O6. The van der Waals surface area contributed by atoms with Crippen molar-refractivity contribution in [3.05, 3.63) is 35.9 Å². The molecule has 0 saturated carbocycles. The highest BCUT2D eigenvalue weighted by molar-refractivity contribution is 5.92. The number of aliphatic carboxylic acids is 1. The summed E-state index contributed by atoms with van der Waals surface area (Å²) >= 11 is 0. The SMILES string of the molecule is CC(=O)OC1CN[C@H](C(=O)N[C@@H](Cc2ccccc2)C(=O)N2CCC[C@H]2C(=O)O)C1. The average Bonchev–Trinajstić information content (AvgIpc) is 3.37. The molecule has 2 saturated heterocycles. The lowest BCUT2D eigenvalue weighted by molar-refractivity contribution is -0.149. The van der Waals surface area contributed by atoms with Crippen molar-refractivity contribution in [3.63, 3.8) is 0 Å². The molecule has 2 aliphatic rings. The maximum absolute atomic E-state index is 13.2. The molecule has 2 fully saturated rings. The maximum atomic E-state index is 13.2. The predicted octanol–water partition coefficient (Wildman–Crippen LogP) is 0.0831.